The van der Waals surface area contributed by atoms with Crippen molar-refractivity contribution in [2.45, 2.75) is 39.2 Å². The maximum atomic E-state index is 9.69. The first-order valence-electron chi connectivity index (χ1n) is 6.86. The van der Waals surface area contributed by atoms with Crippen molar-refractivity contribution in [2.24, 2.45) is 0 Å². The summed E-state index contributed by atoms with van der Waals surface area (Å²) in [7, 11) is 0. The van der Waals surface area contributed by atoms with Gasteiger partial charge in [-0.05, 0) is 37.1 Å². The van der Waals surface area contributed by atoms with Crippen molar-refractivity contribution in [2.75, 3.05) is 19.7 Å². The monoisotopic (exact) mass is 251 g/mol. The summed E-state index contributed by atoms with van der Waals surface area (Å²) in [6, 6.07) is 8.11. The Labute approximate surface area is 110 Å². The summed E-state index contributed by atoms with van der Waals surface area (Å²) < 4.78 is 5.54. The molecule has 0 saturated carbocycles. The minimum absolute atomic E-state index is 0.337. The zero-order chi connectivity index (χ0) is 13.2. The van der Waals surface area contributed by atoms with Crippen LogP contribution in [0.5, 0.6) is 5.75 Å². The molecule has 0 aliphatic carbocycles. The number of hydrogen-bond acceptors (Lipinski definition) is 3. The van der Waals surface area contributed by atoms with E-state index in [2.05, 4.69) is 31.3 Å². The highest BCUT2D eigenvalue weighted by molar-refractivity contribution is 5.27. The Morgan fingerprint density at radius 3 is 2.50 bits per heavy atom. The van der Waals surface area contributed by atoms with Gasteiger partial charge in [0, 0.05) is 6.54 Å². The minimum Gasteiger partial charge on any atom is -0.491 e. The molecule has 3 heteroatoms. The number of nitrogens with one attached hydrogen (secondary N) is 1. The van der Waals surface area contributed by atoms with E-state index in [1.54, 1.807) is 0 Å². The van der Waals surface area contributed by atoms with E-state index in [0.29, 0.717) is 13.2 Å². The molecule has 0 amide bonds. The molecule has 1 aromatic carbocycles. The molecule has 0 aromatic heterocycles. The van der Waals surface area contributed by atoms with Crippen molar-refractivity contribution in [3.63, 3.8) is 0 Å². The molecule has 0 aliphatic rings. The molecule has 1 aromatic rings. The molecule has 0 radical (unpaired) electrons. The lowest BCUT2D eigenvalue weighted by Crippen LogP contribution is -2.31. The highest BCUT2D eigenvalue weighted by Crippen LogP contribution is 2.13. The van der Waals surface area contributed by atoms with E-state index in [0.717, 1.165) is 31.6 Å². The van der Waals surface area contributed by atoms with Crippen molar-refractivity contribution >= 4 is 0 Å². The van der Waals surface area contributed by atoms with Crippen LogP contribution in [-0.2, 0) is 6.42 Å². The van der Waals surface area contributed by atoms with Gasteiger partial charge in [0.1, 0.15) is 18.5 Å². The van der Waals surface area contributed by atoms with Crippen molar-refractivity contribution in [3.05, 3.63) is 29.8 Å². The van der Waals surface area contributed by atoms with Crippen LogP contribution in [0.25, 0.3) is 0 Å². The quantitative estimate of drug-likeness (QED) is 0.662. The van der Waals surface area contributed by atoms with E-state index in [1.165, 1.54) is 5.56 Å². The number of ether oxygens (including phenoxy) is 1. The summed E-state index contributed by atoms with van der Waals surface area (Å²) in [4.78, 5) is 0. The second-order valence-corrected chi connectivity index (χ2v) is 4.56. The predicted octanol–water partition coefficient (Wildman–Crippen LogP) is 2.38. The van der Waals surface area contributed by atoms with Crippen LogP contribution >= 0.6 is 0 Å². The standard InChI is InChI=1S/C15H25NO2/c1-3-5-13-6-8-15(9-7-13)18-12-14(17)11-16-10-4-2/h6-9,14,16-17H,3-5,10-12H2,1-2H3. The second kappa shape index (κ2) is 8.95. The number of aliphatic hydroxyl groups is 1. The van der Waals surface area contributed by atoms with Crippen molar-refractivity contribution in [1.29, 1.82) is 0 Å². The Hall–Kier alpha value is -1.06. The molecule has 1 rings (SSSR count). The molecule has 0 spiro atoms. The van der Waals surface area contributed by atoms with Crippen LogP contribution in [0.2, 0.25) is 0 Å². The fourth-order valence-electron chi connectivity index (χ4n) is 1.74. The Morgan fingerprint density at radius 1 is 1.17 bits per heavy atom. The first-order valence-corrected chi connectivity index (χ1v) is 6.86. The zero-order valence-electron chi connectivity index (χ0n) is 11.5. The first kappa shape index (κ1) is 15.0. The van der Waals surface area contributed by atoms with Crippen LogP contribution in [0.3, 0.4) is 0 Å². The predicted molar refractivity (Wildman–Crippen MR) is 75.1 cm³/mol. The van der Waals surface area contributed by atoms with Crippen LogP contribution in [0.1, 0.15) is 32.3 Å². The molecule has 0 aliphatic heterocycles. The van der Waals surface area contributed by atoms with Crippen molar-refractivity contribution in [3.8, 4) is 5.75 Å². The summed E-state index contributed by atoms with van der Waals surface area (Å²) in [6.07, 6.45) is 2.88. The Morgan fingerprint density at radius 2 is 1.89 bits per heavy atom. The summed E-state index contributed by atoms with van der Waals surface area (Å²) in [6.45, 7) is 6.13. The van der Waals surface area contributed by atoms with Crippen LogP contribution < -0.4 is 10.1 Å². The van der Waals surface area contributed by atoms with Crippen LogP contribution in [0.4, 0.5) is 0 Å². The maximum absolute atomic E-state index is 9.69. The smallest absolute Gasteiger partial charge is 0.119 e. The molecule has 2 N–H and O–H groups in total. The van der Waals surface area contributed by atoms with Crippen molar-refractivity contribution < 1.29 is 9.84 Å². The van der Waals surface area contributed by atoms with Crippen molar-refractivity contribution in [1.82, 2.24) is 5.32 Å². The lowest BCUT2D eigenvalue weighted by atomic mass is 10.1. The minimum atomic E-state index is -0.452. The molecule has 102 valence electrons. The number of aryl methyl sites for hydroxylation is 1. The van der Waals surface area contributed by atoms with Crippen LogP contribution in [0, 0.1) is 0 Å². The van der Waals surface area contributed by atoms with Gasteiger partial charge in [-0.15, -0.1) is 0 Å². The molecule has 0 heterocycles. The van der Waals surface area contributed by atoms with E-state index in [9.17, 15) is 5.11 Å². The lowest BCUT2D eigenvalue weighted by Gasteiger charge is -2.13. The summed E-state index contributed by atoms with van der Waals surface area (Å²) >= 11 is 0. The molecule has 0 bridgehead atoms. The van der Waals surface area contributed by atoms with Gasteiger partial charge in [-0.1, -0.05) is 32.4 Å². The average molecular weight is 251 g/mol. The normalized spacial score (nSPS) is 12.4. The number of rotatable bonds is 9. The maximum Gasteiger partial charge on any atom is 0.119 e. The number of benzene rings is 1. The fourth-order valence-corrected chi connectivity index (χ4v) is 1.74. The molecular weight excluding hydrogens is 226 g/mol. The molecular formula is C15H25NO2. The highest BCUT2D eigenvalue weighted by Gasteiger charge is 2.04. The summed E-state index contributed by atoms with van der Waals surface area (Å²) in [5, 5.41) is 12.9. The van der Waals surface area contributed by atoms with Crippen LogP contribution in [0.15, 0.2) is 24.3 Å². The molecule has 1 unspecified atom stereocenters. The first-order chi connectivity index (χ1) is 8.76. The Bertz CT molecular complexity index is 311. The van der Waals surface area contributed by atoms with Gasteiger partial charge in [-0.3, -0.25) is 0 Å². The van der Waals surface area contributed by atoms with E-state index in [-0.39, 0.29) is 0 Å². The van der Waals surface area contributed by atoms with Gasteiger partial charge in [0.05, 0.1) is 0 Å². The van der Waals surface area contributed by atoms with Gasteiger partial charge in [-0.25, -0.2) is 0 Å². The Kier molecular flexibility index (Phi) is 7.46. The van der Waals surface area contributed by atoms with Gasteiger partial charge in [0.2, 0.25) is 0 Å². The molecule has 3 nitrogen and oxygen atoms in total. The van der Waals surface area contributed by atoms with E-state index < -0.39 is 6.10 Å². The number of hydrogen-bond donors (Lipinski definition) is 2. The van der Waals surface area contributed by atoms with Crippen LogP contribution in [-0.4, -0.2) is 30.9 Å². The molecule has 1 atom stereocenters. The third kappa shape index (κ3) is 6.03. The molecule has 0 fully saturated rings. The second-order valence-electron chi connectivity index (χ2n) is 4.56. The number of aliphatic hydroxyl groups excluding tert-OH is 1. The third-order valence-corrected chi connectivity index (χ3v) is 2.71. The summed E-state index contributed by atoms with van der Waals surface area (Å²) in [5.74, 6) is 0.824. The van der Waals surface area contributed by atoms with E-state index in [4.69, 9.17) is 4.74 Å². The molecule has 0 saturated heterocycles. The summed E-state index contributed by atoms with van der Waals surface area (Å²) in [5.41, 5.74) is 1.33. The highest BCUT2D eigenvalue weighted by atomic mass is 16.5. The van der Waals surface area contributed by atoms with Gasteiger partial charge in [0.15, 0.2) is 0 Å². The third-order valence-electron chi connectivity index (χ3n) is 2.71. The Balaban J connectivity index is 2.25. The van der Waals surface area contributed by atoms with Gasteiger partial charge < -0.3 is 15.2 Å². The fraction of sp³-hybridized carbons (Fsp3) is 0.600. The SMILES string of the molecule is CCCNCC(O)COc1ccc(CCC)cc1. The zero-order valence-corrected chi connectivity index (χ0v) is 11.5. The van der Waals surface area contributed by atoms with E-state index in [1.807, 2.05) is 12.1 Å². The lowest BCUT2D eigenvalue weighted by molar-refractivity contribution is 0.106. The largest absolute Gasteiger partial charge is 0.491 e. The topological polar surface area (TPSA) is 41.5 Å². The van der Waals surface area contributed by atoms with Gasteiger partial charge >= 0.3 is 0 Å². The van der Waals surface area contributed by atoms with E-state index >= 15 is 0 Å². The van der Waals surface area contributed by atoms with Gasteiger partial charge in [-0.2, -0.15) is 0 Å². The van der Waals surface area contributed by atoms with Gasteiger partial charge in [0.25, 0.3) is 0 Å². The molecule has 18 heavy (non-hydrogen) atoms. The average Bonchev–Trinajstić information content (AvgIpc) is 2.39.